The lowest BCUT2D eigenvalue weighted by Crippen LogP contribution is -2.40. The molecule has 0 bridgehead atoms. The first-order chi connectivity index (χ1) is 12.9. The van der Waals surface area contributed by atoms with E-state index in [-0.39, 0.29) is 31.4 Å². The molecule has 0 aliphatic rings. The van der Waals surface area contributed by atoms with Gasteiger partial charge in [-0.2, -0.15) is 0 Å². The molecule has 0 spiro atoms. The highest BCUT2D eigenvalue weighted by atomic mass is 35.5. The van der Waals surface area contributed by atoms with Gasteiger partial charge >= 0.3 is 0 Å². The molecule has 146 valence electrons. The van der Waals surface area contributed by atoms with Crippen molar-refractivity contribution >= 4 is 23.2 Å². The number of hydrogen-bond acceptors (Lipinski definition) is 4. The molecule has 0 aliphatic carbocycles. The number of anilines is 1. The molecule has 1 atom stereocenters. The van der Waals surface area contributed by atoms with E-state index in [1.54, 1.807) is 12.1 Å². The molecule has 0 heterocycles. The van der Waals surface area contributed by atoms with Crippen molar-refractivity contribution in [1.82, 2.24) is 4.90 Å². The second-order valence-electron chi connectivity index (χ2n) is 6.25. The molecule has 0 aliphatic heterocycles. The smallest absolute Gasteiger partial charge is 0.238 e. The normalized spacial score (nSPS) is 12.1. The fraction of sp³-hybridized carbons (Fsp3) is 0.350. The van der Waals surface area contributed by atoms with Gasteiger partial charge in [0.15, 0.2) is 0 Å². The summed E-state index contributed by atoms with van der Waals surface area (Å²) in [6.45, 7) is 4.86. The van der Waals surface area contributed by atoms with Gasteiger partial charge in [-0.3, -0.25) is 9.69 Å². The van der Waals surface area contributed by atoms with E-state index in [1.165, 1.54) is 24.3 Å². The Hall–Kier alpha value is -2.15. The van der Waals surface area contributed by atoms with Gasteiger partial charge in [-0.15, -0.1) is 0 Å². The van der Waals surface area contributed by atoms with Crippen LogP contribution in [0.2, 0.25) is 5.02 Å². The average molecular weight is 395 g/mol. The molecule has 0 saturated carbocycles. The number of aliphatic hydroxyl groups is 1. The minimum atomic E-state index is -0.782. The Labute approximate surface area is 163 Å². The van der Waals surface area contributed by atoms with Crippen LogP contribution in [0, 0.1) is 12.7 Å². The number of carbonyl (C=O) groups excluding carboxylic acids is 1. The van der Waals surface area contributed by atoms with Crippen LogP contribution in [-0.2, 0) is 4.79 Å². The van der Waals surface area contributed by atoms with E-state index in [4.69, 9.17) is 16.3 Å². The lowest BCUT2D eigenvalue weighted by atomic mass is 10.2. The number of benzene rings is 2. The number of likely N-dealkylation sites (N-methyl/N-ethyl adjacent to an activating group) is 1. The van der Waals surface area contributed by atoms with Crippen LogP contribution in [0.25, 0.3) is 0 Å². The molecule has 2 N–H and O–H groups in total. The largest absolute Gasteiger partial charge is 0.491 e. The zero-order chi connectivity index (χ0) is 19.8. The summed E-state index contributed by atoms with van der Waals surface area (Å²) in [4.78, 5) is 14.1. The van der Waals surface area contributed by atoms with Gasteiger partial charge in [0, 0.05) is 17.3 Å². The first-order valence-electron chi connectivity index (χ1n) is 8.72. The van der Waals surface area contributed by atoms with Gasteiger partial charge < -0.3 is 15.2 Å². The number of halogens is 2. The number of nitrogens with one attached hydrogen (secondary N) is 1. The standard InChI is InChI=1S/C20H24ClFN2O3/c1-3-24(11-17(25)13-27-18-8-6-16(22)7-9-18)12-20(26)23-19-10-15(21)5-4-14(19)2/h4-10,17,25H,3,11-13H2,1-2H3,(H,23,26). The summed E-state index contributed by atoms with van der Waals surface area (Å²) in [7, 11) is 0. The Kier molecular flexibility index (Phi) is 8.03. The third-order valence-corrected chi connectivity index (χ3v) is 4.25. The molecule has 27 heavy (non-hydrogen) atoms. The Morgan fingerprint density at radius 2 is 2.00 bits per heavy atom. The molecule has 0 aromatic heterocycles. The Balaban J connectivity index is 1.82. The zero-order valence-corrected chi connectivity index (χ0v) is 16.2. The topological polar surface area (TPSA) is 61.8 Å². The fourth-order valence-electron chi connectivity index (χ4n) is 2.50. The number of aryl methyl sites for hydroxylation is 1. The summed E-state index contributed by atoms with van der Waals surface area (Å²) in [6, 6.07) is 10.9. The number of amides is 1. The second kappa shape index (κ2) is 10.3. The third-order valence-electron chi connectivity index (χ3n) is 4.01. The van der Waals surface area contributed by atoms with Crippen LogP contribution >= 0.6 is 11.6 Å². The summed E-state index contributed by atoms with van der Waals surface area (Å²) in [6.07, 6.45) is -0.782. The number of carbonyl (C=O) groups is 1. The molecule has 0 saturated heterocycles. The van der Waals surface area contributed by atoms with Crippen molar-refractivity contribution in [2.45, 2.75) is 20.0 Å². The molecule has 2 rings (SSSR count). The first kappa shape index (κ1) is 21.2. The number of rotatable bonds is 9. The molecular weight excluding hydrogens is 371 g/mol. The van der Waals surface area contributed by atoms with E-state index < -0.39 is 6.10 Å². The maximum absolute atomic E-state index is 12.9. The van der Waals surface area contributed by atoms with Crippen molar-refractivity contribution in [3.63, 3.8) is 0 Å². The maximum Gasteiger partial charge on any atom is 0.238 e. The van der Waals surface area contributed by atoms with Crippen LogP contribution in [0.3, 0.4) is 0 Å². The van der Waals surface area contributed by atoms with E-state index in [9.17, 15) is 14.3 Å². The fourth-order valence-corrected chi connectivity index (χ4v) is 2.67. The molecule has 2 aromatic carbocycles. The van der Waals surface area contributed by atoms with Crippen LogP contribution in [0.4, 0.5) is 10.1 Å². The van der Waals surface area contributed by atoms with Gasteiger partial charge in [-0.1, -0.05) is 24.6 Å². The highest BCUT2D eigenvalue weighted by Crippen LogP contribution is 2.20. The summed E-state index contributed by atoms with van der Waals surface area (Å²) in [5.74, 6) is -0.0532. The quantitative estimate of drug-likeness (QED) is 0.683. The monoisotopic (exact) mass is 394 g/mol. The Bertz CT molecular complexity index is 755. The van der Waals surface area contributed by atoms with E-state index >= 15 is 0 Å². The number of ether oxygens (including phenoxy) is 1. The highest BCUT2D eigenvalue weighted by Gasteiger charge is 2.15. The van der Waals surface area contributed by atoms with Gasteiger partial charge in [-0.05, 0) is 55.4 Å². The minimum absolute atomic E-state index is 0.0527. The third kappa shape index (κ3) is 7.17. The summed E-state index contributed by atoms with van der Waals surface area (Å²) < 4.78 is 18.3. The molecule has 0 fully saturated rings. The lowest BCUT2D eigenvalue weighted by molar-refractivity contribution is -0.117. The van der Waals surface area contributed by atoms with Crippen molar-refractivity contribution in [1.29, 1.82) is 0 Å². The predicted octanol–water partition coefficient (Wildman–Crippen LogP) is 3.49. The summed E-state index contributed by atoms with van der Waals surface area (Å²) in [5.41, 5.74) is 1.59. The predicted molar refractivity (Wildman–Crippen MR) is 105 cm³/mol. The molecule has 1 amide bonds. The van der Waals surface area contributed by atoms with Crippen LogP contribution in [-0.4, -0.2) is 48.3 Å². The van der Waals surface area contributed by atoms with E-state index in [2.05, 4.69) is 5.32 Å². The van der Waals surface area contributed by atoms with Crippen molar-refractivity contribution in [2.24, 2.45) is 0 Å². The van der Waals surface area contributed by atoms with Gasteiger partial charge in [-0.25, -0.2) is 4.39 Å². The molecular formula is C20H24ClFN2O3. The molecule has 1 unspecified atom stereocenters. The highest BCUT2D eigenvalue weighted by molar-refractivity contribution is 6.31. The minimum Gasteiger partial charge on any atom is -0.491 e. The Morgan fingerprint density at radius 3 is 2.67 bits per heavy atom. The first-order valence-corrected chi connectivity index (χ1v) is 9.10. The van der Waals surface area contributed by atoms with Crippen LogP contribution in [0.15, 0.2) is 42.5 Å². The number of aliphatic hydroxyl groups excluding tert-OH is 1. The van der Waals surface area contributed by atoms with Crippen molar-refractivity contribution in [3.8, 4) is 5.75 Å². The average Bonchev–Trinajstić information content (AvgIpc) is 2.63. The molecule has 2 aromatic rings. The molecule has 5 nitrogen and oxygen atoms in total. The zero-order valence-electron chi connectivity index (χ0n) is 15.4. The molecule has 0 radical (unpaired) electrons. The molecule has 7 heteroatoms. The number of nitrogens with zero attached hydrogens (tertiary/aromatic N) is 1. The summed E-state index contributed by atoms with van der Waals surface area (Å²) in [5, 5.41) is 13.6. The van der Waals surface area contributed by atoms with Crippen LogP contribution in [0.5, 0.6) is 5.75 Å². The van der Waals surface area contributed by atoms with Gasteiger partial charge in [0.2, 0.25) is 5.91 Å². The van der Waals surface area contributed by atoms with Crippen molar-refractivity contribution in [3.05, 3.63) is 58.9 Å². The SMILES string of the molecule is CCN(CC(=O)Nc1cc(Cl)ccc1C)CC(O)COc1ccc(F)cc1. The second-order valence-corrected chi connectivity index (χ2v) is 6.69. The van der Waals surface area contributed by atoms with Gasteiger partial charge in [0.1, 0.15) is 24.3 Å². The van der Waals surface area contributed by atoms with Crippen LogP contribution in [0.1, 0.15) is 12.5 Å². The summed E-state index contributed by atoms with van der Waals surface area (Å²) >= 11 is 5.97. The number of hydrogen-bond donors (Lipinski definition) is 2. The van der Waals surface area contributed by atoms with E-state index in [0.29, 0.717) is 23.0 Å². The van der Waals surface area contributed by atoms with Gasteiger partial charge in [0.25, 0.3) is 0 Å². The van der Waals surface area contributed by atoms with Crippen LogP contribution < -0.4 is 10.1 Å². The van der Waals surface area contributed by atoms with E-state index in [0.717, 1.165) is 5.56 Å². The van der Waals surface area contributed by atoms with Gasteiger partial charge in [0.05, 0.1) is 6.54 Å². The van der Waals surface area contributed by atoms with E-state index in [1.807, 2.05) is 24.8 Å². The maximum atomic E-state index is 12.9. The van der Waals surface area contributed by atoms with Crippen molar-refractivity contribution < 1.29 is 19.0 Å². The van der Waals surface area contributed by atoms with Crippen molar-refractivity contribution in [2.75, 3.05) is 31.6 Å². The lowest BCUT2D eigenvalue weighted by Gasteiger charge is -2.23. The Morgan fingerprint density at radius 1 is 1.30 bits per heavy atom.